The topological polar surface area (TPSA) is 17.1 Å². The Labute approximate surface area is 210 Å². The van der Waals surface area contributed by atoms with Crippen molar-refractivity contribution in [2.75, 3.05) is 0 Å². The predicted molar refractivity (Wildman–Crippen MR) is 148 cm³/mol. The molecule has 0 bridgehead atoms. The van der Waals surface area contributed by atoms with Gasteiger partial charge in [-0.25, -0.2) is 0 Å². The number of fused-ring (bicyclic) bond motifs is 5. The van der Waals surface area contributed by atoms with Crippen LogP contribution in [0.1, 0.15) is 50.8 Å². The van der Waals surface area contributed by atoms with E-state index in [1.54, 1.807) is 0 Å². The van der Waals surface area contributed by atoms with Gasteiger partial charge in [0.15, 0.2) is 5.78 Å². The van der Waals surface area contributed by atoms with Gasteiger partial charge in [0.05, 0.1) is 11.8 Å². The fraction of sp³-hybridized carbons (Fsp3) is 0.114. The van der Waals surface area contributed by atoms with Crippen LogP contribution < -0.4 is 0 Å². The number of ketones is 1. The second-order valence-electron chi connectivity index (χ2n) is 10.4. The van der Waals surface area contributed by atoms with Crippen molar-refractivity contribution < 1.29 is 4.79 Å². The Morgan fingerprint density at radius 2 is 1.25 bits per heavy atom. The summed E-state index contributed by atoms with van der Waals surface area (Å²) in [6.07, 6.45) is 0.877. The molecule has 0 aliphatic heterocycles. The lowest BCUT2D eigenvalue weighted by Crippen LogP contribution is -2.31. The van der Waals surface area contributed by atoms with Crippen LogP contribution >= 0.6 is 0 Å². The van der Waals surface area contributed by atoms with Crippen molar-refractivity contribution in [2.45, 2.75) is 25.2 Å². The molecule has 2 atom stereocenters. The molecule has 0 spiro atoms. The van der Waals surface area contributed by atoms with Gasteiger partial charge in [-0.05, 0) is 84.6 Å². The Morgan fingerprint density at radius 3 is 2.11 bits per heavy atom. The van der Waals surface area contributed by atoms with Gasteiger partial charge >= 0.3 is 0 Å². The van der Waals surface area contributed by atoms with E-state index < -0.39 is 0 Å². The molecule has 2 aliphatic rings. The normalized spacial score (nSPS) is 18.1. The average Bonchev–Trinajstić information content (AvgIpc) is 2.92. The first-order valence-electron chi connectivity index (χ1n) is 12.8. The SMILES string of the molecule is Cc1ccc2c3c4c(ccc13)Cc1ccc3ccccc3c1C4C(=O)C2c1cccc2ccccc12. The van der Waals surface area contributed by atoms with E-state index in [-0.39, 0.29) is 11.8 Å². The number of rotatable bonds is 1. The summed E-state index contributed by atoms with van der Waals surface area (Å²) in [5, 5.41) is 7.34. The highest BCUT2D eigenvalue weighted by Crippen LogP contribution is 2.53. The molecule has 0 radical (unpaired) electrons. The molecule has 2 aliphatic carbocycles. The molecule has 0 N–H and O–H groups in total. The van der Waals surface area contributed by atoms with Crippen LogP contribution in [-0.2, 0) is 11.2 Å². The summed E-state index contributed by atoms with van der Waals surface area (Å²) in [6, 6.07) is 36.9. The van der Waals surface area contributed by atoms with Crippen molar-refractivity contribution in [2.24, 2.45) is 0 Å². The monoisotopic (exact) mass is 460 g/mol. The third-order valence-electron chi connectivity index (χ3n) is 8.60. The first kappa shape index (κ1) is 20.0. The van der Waals surface area contributed by atoms with E-state index in [1.165, 1.54) is 60.1 Å². The van der Waals surface area contributed by atoms with Crippen LogP contribution in [-0.4, -0.2) is 5.78 Å². The van der Waals surface area contributed by atoms with Crippen molar-refractivity contribution in [3.63, 3.8) is 0 Å². The lowest BCUT2D eigenvalue weighted by molar-refractivity contribution is -0.120. The molecule has 0 aromatic heterocycles. The van der Waals surface area contributed by atoms with Gasteiger partial charge in [-0.3, -0.25) is 4.79 Å². The van der Waals surface area contributed by atoms with E-state index in [0.717, 1.165) is 17.5 Å². The Hall–Kier alpha value is -4.23. The standard InChI is InChI=1S/C35H24O/c1-20-13-17-29-32-25(20)18-16-24-19-23-15-14-22-8-3-5-11-27(22)30(23)34(31(24)32)35(36)33(29)28-12-6-9-21-7-2-4-10-26(21)28/h2-18,33-34H,19H2,1H3. The molecule has 8 rings (SSSR count). The minimum Gasteiger partial charge on any atom is -0.298 e. The zero-order valence-corrected chi connectivity index (χ0v) is 20.1. The molecule has 2 unspecified atom stereocenters. The minimum atomic E-state index is -0.295. The third-order valence-corrected chi connectivity index (χ3v) is 8.60. The summed E-state index contributed by atoms with van der Waals surface area (Å²) in [4.78, 5) is 14.9. The van der Waals surface area contributed by atoms with Crippen molar-refractivity contribution in [1.29, 1.82) is 0 Å². The molecule has 0 saturated heterocycles. The number of hydrogen-bond donors (Lipinski definition) is 0. The summed E-state index contributed by atoms with van der Waals surface area (Å²) in [6.45, 7) is 2.19. The van der Waals surface area contributed by atoms with Crippen LogP contribution in [0.25, 0.3) is 32.3 Å². The van der Waals surface area contributed by atoms with Gasteiger partial charge < -0.3 is 0 Å². The maximum absolute atomic E-state index is 14.9. The third kappa shape index (κ3) is 2.53. The average molecular weight is 461 g/mol. The fourth-order valence-electron chi connectivity index (χ4n) is 7.03. The summed E-state index contributed by atoms with van der Waals surface area (Å²) < 4.78 is 0. The Bertz CT molecular complexity index is 1900. The van der Waals surface area contributed by atoms with Crippen molar-refractivity contribution in [3.05, 3.63) is 142 Å². The van der Waals surface area contributed by atoms with Gasteiger partial charge in [0.2, 0.25) is 0 Å². The van der Waals surface area contributed by atoms with Gasteiger partial charge in [0, 0.05) is 0 Å². The summed E-state index contributed by atoms with van der Waals surface area (Å²) in [5.74, 6) is -0.248. The lowest BCUT2D eigenvalue weighted by atomic mass is 9.63. The molecule has 1 heteroatoms. The van der Waals surface area contributed by atoms with E-state index in [9.17, 15) is 4.79 Å². The molecule has 170 valence electrons. The predicted octanol–water partition coefficient (Wildman–Crippen LogP) is 8.21. The highest BCUT2D eigenvalue weighted by Gasteiger charge is 2.43. The second-order valence-corrected chi connectivity index (χ2v) is 10.4. The molecular weight excluding hydrogens is 436 g/mol. The summed E-state index contributed by atoms with van der Waals surface area (Å²) in [7, 11) is 0. The molecular formula is C35H24O. The van der Waals surface area contributed by atoms with Gasteiger partial charge in [0.25, 0.3) is 0 Å². The summed E-state index contributed by atoms with van der Waals surface area (Å²) in [5.41, 5.74) is 8.59. The number of carbonyl (C=O) groups is 1. The molecule has 6 aromatic rings. The molecule has 0 heterocycles. The summed E-state index contributed by atoms with van der Waals surface area (Å²) >= 11 is 0. The van der Waals surface area contributed by atoms with E-state index >= 15 is 0 Å². The van der Waals surface area contributed by atoms with Gasteiger partial charge in [-0.15, -0.1) is 0 Å². The highest BCUT2D eigenvalue weighted by atomic mass is 16.1. The van der Waals surface area contributed by atoms with E-state index in [4.69, 9.17) is 0 Å². The number of hydrogen-bond acceptors (Lipinski definition) is 1. The first-order chi connectivity index (χ1) is 17.7. The van der Waals surface area contributed by atoms with Crippen LogP contribution in [0.15, 0.2) is 103 Å². The zero-order chi connectivity index (χ0) is 24.0. The maximum Gasteiger partial charge on any atom is 0.156 e. The van der Waals surface area contributed by atoms with Crippen LogP contribution in [0, 0.1) is 6.92 Å². The van der Waals surface area contributed by atoms with Crippen LogP contribution in [0.3, 0.4) is 0 Å². The Balaban J connectivity index is 1.53. The molecule has 0 amide bonds. The quantitative estimate of drug-likeness (QED) is 0.242. The molecule has 6 aromatic carbocycles. The van der Waals surface area contributed by atoms with Crippen LogP contribution in [0.5, 0.6) is 0 Å². The number of aryl methyl sites for hydroxylation is 1. The minimum absolute atomic E-state index is 0.253. The zero-order valence-electron chi connectivity index (χ0n) is 20.1. The van der Waals surface area contributed by atoms with Crippen molar-refractivity contribution in [1.82, 2.24) is 0 Å². The number of carbonyl (C=O) groups excluding carboxylic acids is 1. The molecule has 36 heavy (non-hydrogen) atoms. The van der Waals surface area contributed by atoms with Gasteiger partial charge in [-0.1, -0.05) is 103 Å². The molecule has 0 saturated carbocycles. The largest absolute Gasteiger partial charge is 0.298 e. The van der Waals surface area contributed by atoms with Crippen LogP contribution in [0.4, 0.5) is 0 Å². The first-order valence-corrected chi connectivity index (χ1v) is 12.8. The van der Waals surface area contributed by atoms with Gasteiger partial charge in [0.1, 0.15) is 0 Å². The van der Waals surface area contributed by atoms with Crippen molar-refractivity contribution >= 4 is 38.1 Å². The lowest BCUT2D eigenvalue weighted by Gasteiger charge is -2.38. The van der Waals surface area contributed by atoms with E-state index in [2.05, 4.69) is 110 Å². The fourth-order valence-corrected chi connectivity index (χ4v) is 7.03. The number of benzene rings is 6. The maximum atomic E-state index is 14.9. The van der Waals surface area contributed by atoms with Crippen LogP contribution in [0.2, 0.25) is 0 Å². The second kappa shape index (κ2) is 7.15. The Kier molecular flexibility index (Phi) is 3.97. The van der Waals surface area contributed by atoms with Crippen molar-refractivity contribution in [3.8, 4) is 0 Å². The van der Waals surface area contributed by atoms with E-state index in [0.29, 0.717) is 5.78 Å². The molecule has 1 nitrogen and oxygen atoms in total. The Morgan fingerprint density at radius 1 is 0.556 bits per heavy atom. The smallest absolute Gasteiger partial charge is 0.156 e. The van der Waals surface area contributed by atoms with E-state index in [1.807, 2.05) is 0 Å². The highest BCUT2D eigenvalue weighted by molar-refractivity contribution is 6.13. The molecule has 0 fully saturated rings. The number of Topliss-reactive ketones (excluding diaryl/α,β-unsaturated/α-hetero) is 1. The van der Waals surface area contributed by atoms with Gasteiger partial charge in [-0.2, -0.15) is 0 Å².